The molecule has 1 atom stereocenters. The van der Waals surface area contributed by atoms with Gasteiger partial charge in [-0.2, -0.15) is 0 Å². The second kappa shape index (κ2) is 4.64. The van der Waals surface area contributed by atoms with Crippen LogP contribution in [0.1, 0.15) is 49.4 Å². The van der Waals surface area contributed by atoms with Crippen LogP contribution in [0.4, 0.5) is 0 Å². The van der Waals surface area contributed by atoms with Gasteiger partial charge in [0.2, 0.25) is 5.91 Å². The van der Waals surface area contributed by atoms with Crippen molar-refractivity contribution in [3.05, 3.63) is 0 Å². The minimum Gasteiger partial charge on any atom is -0.353 e. The third-order valence-electron chi connectivity index (χ3n) is 2.13. The van der Waals surface area contributed by atoms with Gasteiger partial charge in [-0.3, -0.25) is 4.79 Å². The maximum atomic E-state index is 11.0. The van der Waals surface area contributed by atoms with Crippen molar-refractivity contribution in [1.29, 1.82) is 0 Å². The standard InChI is InChI=1S/C11H23NO.H2/c1-8(2)7-10(11(4,5)6)12-9(3)13;/h8,10H,7H2,1-6H3,(H,12,13);1H. The van der Waals surface area contributed by atoms with Crippen LogP contribution < -0.4 is 5.32 Å². The van der Waals surface area contributed by atoms with Crippen LogP contribution >= 0.6 is 0 Å². The molecule has 0 saturated heterocycles. The van der Waals surface area contributed by atoms with Crippen molar-refractivity contribution in [1.82, 2.24) is 5.32 Å². The Morgan fingerprint density at radius 1 is 1.38 bits per heavy atom. The summed E-state index contributed by atoms with van der Waals surface area (Å²) in [5, 5.41) is 3.01. The van der Waals surface area contributed by atoms with E-state index in [4.69, 9.17) is 0 Å². The average Bonchev–Trinajstić information content (AvgIpc) is 1.81. The lowest BCUT2D eigenvalue weighted by molar-refractivity contribution is -0.120. The SMILES string of the molecule is CC(=O)NC(CC(C)C)C(C)(C)C.[HH]. The van der Waals surface area contributed by atoms with E-state index >= 15 is 0 Å². The predicted molar refractivity (Wildman–Crippen MR) is 58.6 cm³/mol. The molecule has 0 aliphatic carbocycles. The summed E-state index contributed by atoms with van der Waals surface area (Å²) in [6, 6.07) is 0.282. The number of amides is 1. The van der Waals surface area contributed by atoms with Gasteiger partial charge in [-0.15, -0.1) is 0 Å². The number of nitrogens with one attached hydrogen (secondary N) is 1. The summed E-state index contributed by atoms with van der Waals surface area (Å²) in [5.74, 6) is 0.691. The van der Waals surface area contributed by atoms with E-state index < -0.39 is 0 Å². The summed E-state index contributed by atoms with van der Waals surface area (Å²) in [6.45, 7) is 12.4. The first-order valence-electron chi connectivity index (χ1n) is 5.00. The fraction of sp³-hybridized carbons (Fsp3) is 0.909. The van der Waals surface area contributed by atoms with Crippen LogP contribution in [0.3, 0.4) is 0 Å². The molecule has 13 heavy (non-hydrogen) atoms. The van der Waals surface area contributed by atoms with Crippen molar-refractivity contribution in [3.8, 4) is 0 Å². The van der Waals surface area contributed by atoms with Crippen LogP contribution in [-0.2, 0) is 4.79 Å². The topological polar surface area (TPSA) is 29.1 Å². The lowest BCUT2D eigenvalue weighted by Gasteiger charge is -2.32. The fourth-order valence-corrected chi connectivity index (χ4v) is 1.35. The normalized spacial score (nSPS) is 14.4. The first-order valence-corrected chi connectivity index (χ1v) is 5.00. The molecule has 80 valence electrons. The molecule has 2 heteroatoms. The number of carbonyl (C=O) groups is 1. The van der Waals surface area contributed by atoms with E-state index in [-0.39, 0.29) is 18.8 Å². The summed E-state index contributed by atoms with van der Waals surface area (Å²) in [7, 11) is 0. The Labute approximate surface area is 83.6 Å². The molecule has 0 spiro atoms. The van der Waals surface area contributed by atoms with E-state index in [1.54, 1.807) is 6.92 Å². The summed E-state index contributed by atoms with van der Waals surface area (Å²) in [5.41, 5.74) is 0.149. The van der Waals surface area contributed by atoms with E-state index in [0.717, 1.165) is 6.42 Å². The van der Waals surface area contributed by atoms with Crippen molar-refractivity contribution < 1.29 is 6.22 Å². The van der Waals surface area contributed by atoms with Gasteiger partial charge < -0.3 is 5.32 Å². The lowest BCUT2D eigenvalue weighted by atomic mass is 9.82. The van der Waals surface area contributed by atoms with E-state index in [1.807, 2.05) is 0 Å². The molecular formula is C11H25NO. The summed E-state index contributed by atoms with van der Waals surface area (Å²) in [4.78, 5) is 11.0. The molecule has 1 unspecified atom stereocenters. The zero-order valence-corrected chi connectivity index (χ0v) is 9.77. The minimum absolute atomic E-state index is 0. The predicted octanol–water partition coefficient (Wildman–Crippen LogP) is 2.83. The molecule has 0 saturated carbocycles. The molecule has 0 aliphatic rings. The fourth-order valence-electron chi connectivity index (χ4n) is 1.35. The first-order chi connectivity index (χ1) is 5.73. The second-order valence-electron chi connectivity index (χ2n) is 5.25. The van der Waals surface area contributed by atoms with Crippen molar-refractivity contribution in [2.24, 2.45) is 11.3 Å². The van der Waals surface area contributed by atoms with E-state index in [2.05, 4.69) is 39.9 Å². The summed E-state index contributed by atoms with van der Waals surface area (Å²) in [6.07, 6.45) is 1.04. The highest BCUT2D eigenvalue weighted by atomic mass is 16.1. The van der Waals surface area contributed by atoms with E-state index in [9.17, 15) is 4.79 Å². The number of hydrogen-bond donors (Lipinski definition) is 1. The Morgan fingerprint density at radius 3 is 2.08 bits per heavy atom. The molecule has 1 amide bonds. The maximum Gasteiger partial charge on any atom is 0.217 e. The second-order valence-corrected chi connectivity index (χ2v) is 5.25. The summed E-state index contributed by atoms with van der Waals surface area (Å²) >= 11 is 0. The largest absolute Gasteiger partial charge is 0.353 e. The van der Waals surface area contributed by atoms with Crippen LogP contribution in [0.2, 0.25) is 0 Å². The van der Waals surface area contributed by atoms with Crippen LogP contribution in [0.25, 0.3) is 0 Å². The Hall–Kier alpha value is -0.530. The van der Waals surface area contributed by atoms with Crippen molar-refractivity contribution in [3.63, 3.8) is 0 Å². The maximum absolute atomic E-state index is 11.0. The molecule has 0 bridgehead atoms. The molecule has 0 aliphatic heterocycles. The monoisotopic (exact) mass is 187 g/mol. The van der Waals surface area contributed by atoms with Gasteiger partial charge in [0.25, 0.3) is 0 Å². The van der Waals surface area contributed by atoms with Crippen LogP contribution in [-0.4, -0.2) is 11.9 Å². The van der Waals surface area contributed by atoms with E-state index in [1.165, 1.54) is 0 Å². The number of rotatable bonds is 3. The first kappa shape index (κ1) is 12.5. The van der Waals surface area contributed by atoms with Gasteiger partial charge in [-0.1, -0.05) is 34.6 Å². The summed E-state index contributed by atoms with van der Waals surface area (Å²) < 4.78 is 0. The van der Waals surface area contributed by atoms with E-state index in [0.29, 0.717) is 5.92 Å². The Balaban J connectivity index is 0. The third kappa shape index (κ3) is 5.67. The quantitative estimate of drug-likeness (QED) is 0.723. The zero-order chi connectivity index (χ0) is 10.6. The molecule has 0 aromatic rings. The molecule has 0 radical (unpaired) electrons. The molecule has 0 heterocycles. The van der Waals surface area contributed by atoms with Crippen LogP contribution in [0, 0.1) is 11.3 Å². The molecular weight excluding hydrogens is 162 g/mol. The average molecular weight is 187 g/mol. The molecule has 0 rings (SSSR count). The van der Waals surface area contributed by atoms with Gasteiger partial charge in [0.15, 0.2) is 0 Å². The number of carbonyl (C=O) groups excluding carboxylic acids is 1. The molecule has 1 N–H and O–H groups in total. The van der Waals surface area contributed by atoms with Crippen molar-refractivity contribution >= 4 is 5.91 Å². The van der Waals surface area contributed by atoms with Gasteiger partial charge in [-0.05, 0) is 17.8 Å². The number of hydrogen-bond acceptors (Lipinski definition) is 1. The molecule has 2 nitrogen and oxygen atoms in total. The highest BCUT2D eigenvalue weighted by molar-refractivity contribution is 5.73. The van der Waals surface area contributed by atoms with Gasteiger partial charge >= 0.3 is 0 Å². The molecule has 0 fully saturated rings. The van der Waals surface area contributed by atoms with Crippen molar-refractivity contribution in [2.75, 3.05) is 0 Å². The van der Waals surface area contributed by atoms with Gasteiger partial charge in [0.1, 0.15) is 0 Å². The molecule has 0 aromatic heterocycles. The highest BCUT2D eigenvalue weighted by Gasteiger charge is 2.25. The third-order valence-corrected chi connectivity index (χ3v) is 2.13. The smallest absolute Gasteiger partial charge is 0.217 e. The highest BCUT2D eigenvalue weighted by Crippen LogP contribution is 2.24. The minimum atomic E-state index is 0. The van der Waals surface area contributed by atoms with Crippen LogP contribution in [0.5, 0.6) is 0 Å². The van der Waals surface area contributed by atoms with Crippen LogP contribution in [0.15, 0.2) is 0 Å². The Bertz CT molecular complexity index is 173. The van der Waals surface area contributed by atoms with Gasteiger partial charge in [0, 0.05) is 14.4 Å². The molecule has 0 aromatic carbocycles. The Morgan fingerprint density at radius 2 is 1.85 bits per heavy atom. The van der Waals surface area contributed by atoms with Gasteiger partial charge in [0.05, 0.1) is 0 Å². The zero-order valence-electron chi connectivity index (χ0n) is 9.77. The van der Waals surface area contributed by atoms with Crippen molar-refractivity contribution in [2.45, 2.75) is 54.0 Å². The Kier molecular flexibility index (Phi) is 4.45. The van der Waals surface area contributed by atoms with Gasteiger partial charge in [-0.25, -0.2) is 0 Å². The lowest BCUT2D eigenvalue weighted by Crippen LogP contribution is -2.43.